The van der Waals surface area contributed by atoms with Crippen molar-refractivity contribution in [2.24, 2.45) is 0 Å². The van der Waals surface area contributed by atoms with Crippen LogP contribution in [0.3, 0.4) is 0 Å². The third-order valence-electron chi connectivity index (χ3n) is 5.12. The summed E-state index contributed by atoms with van der Waals surface area (Å²) >= 11 is 6.14. The summed E-state index contributed by atoms with van der Waals surface area (Å²) in [4.78, 5) is 26.4. The molecule has 0 radical (unpaired) electrons. The number of anilines is 1. The van der Waals surface area contributed by atoms with Gasteiger partial charge in [0.2, 0.25) is 0 Å². The first kappa shape index (κ1) is 23.8. The lowest BCUT2D eigenvalue weighted by molar-refractivity contribution is -0.135. The fourth-order valence-electron chi connectivity index (χ4n) is 3.44. The number of halogens is 1. The third kappa shape index (κ3) is 5.49. The summed E-state index contributed by atoms with van der Waals surface area (Å²) in [5.74, 6) is -1.13. The lowest BCUT2D eigenvalue weighted by Crippen LogP contribution is -2.38. The number of sulfonamides is 1. The molecule has 0 saturated carbocycles. The Labute approximate surface area is 193 Å². The Hall–Kier alpha value is -2.84. The van der Waals surface area contributed by atoms with Crippen molar-refractivity contribution < 1.29 is 22.7 Å². The van der Waals surface area contributed by atoms with E-state index in [1.54, 1.807) is 35.2 Å². The van der Waals surface area contributed by atoms with E-state index in [2.05, 4.69) is 6.58 Å². The summed E-state index contributed by atoms with van der Waals surface area (Å²) in [6, 6.07) is 12.4. The number of amides is 1. The molecule has 1 heterocycles. The Bertz CT molecular complexity index is 1080. The Balaban J connectivity index is 1.81. The van der Waals surface area contributed by atoms with Crippen LogP contribution in [0.4, 0.5) is 5.69 Å². The molecule has 1 aliphatic rings. The van der Waals surface area contributed by atoms with E-state index in [4.69, 9.17) is 16.3 Å². The fourth-order valence-corrected chi connectivity index (χ4v) is 5.10. The van der Waals surface area contributed by atoms with Crippen LogP contribution in [0.2, 0.25) is 5.02 Å². The van der Waals surface area contributed by atoms with Gasteiger partial charge in [-0.25, -0.2) is 13.2 Å². The number of carbonyl (C=O) groups excluding carboxylic acids is 2. The number of likely N-dealkylation sites (tertiary alicyclic amines) is 1. The number of nitrogens with zero attached hydrogens (tertiary/aromatic N) is 2. The van der Waals surface area contributed by atoms with Crippen LogP contribution in [-0.2, 0) is 19.6 Å². The normalized spacial score (nSPS) is 14.0. The zero-order valence-electron chi connectivity index (χ0n) is 17.6. The van der Waals surface area contributed by atoms with Gasteiger partial charge in [0.25, 0.3) is 15.9 Å². The quantitative estimate of drug-likeness (QED) is 0.426. The van der Waals surface area contributed by atoms with E-state index in [-0.39, 0.29) is 27.9 Å². The number of para-hydroxylation sites is 1. The van der Waals surface area contributed by atoms with E-state index < -0.39 is 22.6 Å². The number of ether oxygens (including phenoxy) is 1. The van der Waals surface area contributed by atoms with Gasteiger partial charge in [-0.15, -0.1) is 6.58 Å². The van der Waals surface area contributed by atoms with Gasteiger partial charge in [0.1, 0.15) is 0 Å². The molecule has 0 aromatic heterocycles. The van der Waals surface area contributed by atoms with Crippen LogP contribution in [-0.4, -0.2) is 51.4 Å². The SMILES string of the molecule is C=CCN(c1ccccc1)S(=O)(=O)c1ccc(Cl)c(C(=O)OCC(=O)N2CCCCC2)c1. The van der Waals surface area contributed by atoms with Crippen molar-refractivity contribution in [3.05, 3.63) is 71.8 Å². The molecule has 0 atom stereocenters. The Morgan fingerprint density at radius 1 is 1.09 bits per heavy atom. The van der Waals surface area contributed by atoms with Gasteiger partial charge in [0.15, 0.2) is 6.61 Å². The number of hydrogen-bond acceptors (Lipinski definition) is 5. The van der Waals surface area contributed by atoms with Crippen LogP contribution in [0.1, 0.15) is 29.6 Å². The minimum Gasteiger partial charge on any atom is -0.452 e. The van der Waals surface area contributed by atoms with Gasteiger partial charge < -0.3 is 9.64 Å². The van der Waals surface area contributed by atoms with E-state index in [1.165, 1.54) is 28.6 Å². The molecule has 0 N–H and O–H groups in total. The number of piperidine rings is 1. The predicted octanol–water partition coefficient (Wildman–Crippen LogP) is 3.89. The molecule has 2 aromatic rings. The van der Waals surface area contributed by atoms with E-state index in [1.807, 2.05) is 0 Å². The van der Waals surface area contributed by atoms with Crippen molar-refractivity contribution in [1.82, 2.24) is 4.90 Å². The highest BCUT2D eigenvalue weighted by atomic mass is 35.5. The topological polar surface area (TPSA) is 84.0 Å². The Morgan fingerprint density at radius 2 is 1.78 bits per heavy atom. The van der Waals surface area contributed by atoms with Crippen LogP contribution in [0, 0.1) is 0 Å². The van der Waals surface area contributed by atoms with Gasteiger partial charge in [-0.05, 0) is 49.6 Å². The summed E-state index contributed by atoms with van der Waals surface area (Å²) < 4.78 is 32.9. The maximum absolute atomic E-state index is 13.3. The van der Waals surface area contributed by atoms with E-state index in [9.17, 15) is 18.0 Å². The van der Waals surface area contributed by atoms with Gasteiger partial charge >= 0.3 is 5.97 Å². The van der Waals surface area contributed by atoms with Crippen molar-refractivity contribution in [2.45, 2.75) is 24.2 Å². The van der Waals surface area contributed by atoms with Crippen LogP contribution >= 0.6 is 11.6 Å². The molecular weight excluding hydrogens is 452 g/mol. The summed E-state index contributed by atoms with van der Waals surface area (Å²) in [7, 11) is -4.02. The van der Waals surface area contributed by atoms with Crippen LogP contribution in [0.25, 0.3) is 0 Å². The zero-order valence-corrected chi connectivity index (χ0v) is 19.1. The molecule has 170 valence electrons. The summed E-state index contributed by atoms with van der Waals surface area (Å²) in [5, 5.41) is 0.0364. The highest BCUT2D eigenvalue weighted by Gasteiger charge is 2.27. The van der Waals surface area contributed by atoms with Gasteiger partial charge in [0, 0.05) is 13.1 Å². The van der Waals surface area contributed by atoms with Gasteiger partial charge in [-0.3, -0.25) is 9.10 Å². The van der Waals surface area contributed by atoms with Crippen molar-refractivity contribution >= 4 is 39.2 Å². The van der Waals surface area contributed by atoms with Gasteiger partial charge in [-0.2, -0.15) is 0 Å². The molecule has 1 aliphatic heterocycles. The monoisotopic (exact) mass is 476 g/mol. The minimum absolute atomic E-state index is 0.0364. The summed E-state index contributed by atoms with van der Waals surface area (Å²) in [6.45, 7) is 4.54. The van der Waals surface area contributed by atoms with E-state index in [0.717, 1.165) is 19.3 Å². The zero-order chi connectivity index (χ0) is 23.1. The smallest absolute Gasteiger partial charge is 0.340 e. The number of carbonyl (C=O) groups is 2. The molecule has 0 bridgehead atoms. The van der Waals surface area contributed by atoms with Gasteiger partial charge in [0.05, 0.1) is 27.7 Å². The largest absolute Gasteiger partial charge is 0.452 e. The molecule has 3 rings (SSSR count). The molecule has 9 heteroatoms. The van der Waals surface area contributed by atoms with Crippen LogP contribution in [0.15, 0.2) is 66.1 Å². The average molecular weight is 477 g/mol. The molecule has 1 fully saturated rings. The molecule has 0 spiro atoms. The fraction of sp³-hybridized carbons (Fsp3) is 0.304. The Kier molecular flexibility index (Phi) is 7.93. The van der Waals surface area contributed by atoms with E-state index in [0.29, 0.717) is 18.8 Å². The molecule has 0 unspecified atom stereocenters. The Morgan fingerprint density at radius 3 is 2.44 bits per heavy atom. The highest BCUT2D eigenvalue weighted by Crippen LogP contribution is 2.27. The van der Waals surface area contributed by atoms with Crippen molar-refractivity contribution in [2.75, 3.05) is 30.5 Å². The molecule has 1 amide bonds. The van der Waals surface area contributed by atoms with Crippen molar-refractivity contribution in [3.8, 4) is 0 Å². The lowest BCUT2D eigenvalue weighted by atomic mass is 10.1. The van der Waals surface area contributed by atoms with Crippen LogP contribution < -0.4 is 4.31 Å². The number of hydrogen-bond donors (Lipinski definition) is 0. The van der Waals surface area contributed by atoms with Crippen molar-refractivity contribution in [1.29, 1.82) is 0 Å². The first-order chi connectivity index (χ1) is 15.3. The second-order valence-electron chi connectivity index (χ2n) is 7.32. The van der Waals surface area contributed by atoms with E-state index >= 15 is 0 Å². The molecular formula is C23H25ClN2O5S. The summed E-state index contributed by atoms with van der Waals surface area (Å²) in [6.07, 6.45) is 4.40. The predicted molar refractivity (Wildman–Crippen MR) is 123 cm³/mol. The third-order valence-corrected chi connectivity index (χ3v) is 7.24. The first-order valence-electron chi connectivity index (χ1n) is 10.3. The molecule has 7 nitrogen and oxygen atoms in total. The molecule has 0 aliphatic carbocycles. The maximum Gasteiger partial charge on any atom is 0.340 e. The first-order valence-corrected chi connectivity index (χ1v) is 12.1. The highest BCUT2D eigenvalue weighted by molar-refractivity contribution is 7.92. The van der Waals surface area contributed by atoms with Crippen molar-refractivity contribution in [3.63, 3.8) is 0 Å². The number of esters is 1. The lowest BCUT2D eigenvalue weighted by Gasteiger charge is -2.26. The standard InChI is InChI=1S/C23H25ClN2O5S/c1-2-13-26(18-9-5-3-6-10-18)32(29,30)19-11-12-21(24)20(16-19)23(28)31-17-22(27)25-14-7-4-8-15-25/h2-3,5-6,9-12,16H,1,4,7-8,13-15,17H2. The molecule has 32 heavy (non-hydrogen) atoms. The molecule has 2 aromatic carbocycles. The summed E-state index contributed by atoms with van der Waals surface area (Å²) in [5.41, 5.74) is 0.337. The molecule has 1 saturated heterocycles. The van der Waals surface area contributed by atoms with Gasteiger partial charge in [-0.1, -0.05) is 35.9 Å². The second kappa shape index (κ2) is 10.7. The maximum atomic E-state index is 13.3. The average Bonchev–Trinajstić information content (AvgIpc) is 2.82. The number of benzene rings is 2. The number of rotatable bonds is 8. The second-order valence-corrected chi connectivity index (χ2v) is 9.59. The minimum atomic E-state index is -4.02. The van der Waals surface area contributed by atoms with Crippen LogP contribution in [0.5, 0.6) is 0 Å².